The molecule has 1 aromatic rings. The van der Waals surface area contributed by atoms with Crippen LogP contribution in [-0.2, 0) is 0 Å². The van der Waals surface area contributed by atoms with Gasteiger partial charge in [0.25, 0.3) is 0 Å². The lowest BCUT2D eigenvalue weighted by molar-refractivity contribution is 0.0550. The van der Waals surface area contributed by atoms with Crippen molar-refractivity contribution in [1.82, 2.24) is 4.90 Å². The summed E-state index contributed by atoms with van der Waals surface area (Å²) in [5, 5.41) is 10.0. The summed E-state index contributed by atoms with van der Waals surface area (Å²) in [5.74, 6) is -0.188. The Morgan fingerprint density at radius 2 is 2.00 bits per heavy atom. The van der Waals surface area contributed by atoms with Crippen molar-refractivity contribution in [2.45, 2.75) is 44.2 Å². The largest absolute Gasteiger partial charge is 0.488 e. The van der Waals surface area contributed by atoms with Crippen LogP contribution >= 0.6 is 0 Å². The topological polar surface area (TPSA) is 32.7 Å². The first-order chi connectivity index (χ1) is 9.66. The molecule has 1 N–H and O–H groups in total. The maximum Gasteiger partial charge on any atom is 0.165 e. The summed E-state index contributed by atoms with van der Waals surface area (Å²) in [6, 6.07) is 6.84. The van der Waals surface area contributed by atoms with Gasteiger partial charge in [-0.2, -0.15) is 0 Å². The number of benzene rings is 1. The molecular formula is C16H24FNO2. The third kappa shape index (κ3) is 4.46. The SMILES string of the molecule is CN(C[C@@H](O)COc1ccccc1F)C1CCCCC1. The predicted molar refractivity (Wildman–Crippen MR) is 77.4 cm³/mol. The van der Waals surface area contributed by atoms with Crippen LogP contribution in [0.5, 0.6) is 5.75 Å². The standard InChI is InChI=1S/C16H24FNO2/c1-18(13-7-3-2-4-8-13)11-14(19)12-20-16-10-6-5-9-15(16)17/h5-6,9-10,13-14,19H,2-4,7-8,11-12H2,1H3/t14-/m1/s1. The normalized spacial score (nSPS) is 18.2. The lowest BCUT2D eigenvalue weighted by Crippen LogP contribution is -2.40. The molecular weight excluding hydrogens is 257 g/mol. The third-order valence-electron chi connectivity index (χ3n) is 3.96. The van der Waals surface area contributed by atoms with Gasteiger partial charge in [-0.25, -0.2) is 4.39 Å². The average molecular weight is 281 g/mol. The monoisotopic (exact) mass is 281 g/mol. The van der Waals surface area contributed by atoms with Gasteiger partial charge in [0.2, 0.25) is 0 Å². The highest BCUT2D eigenvalue weighted by Gasteiger charge is 2.20. The summed E-state index contributed by atoms with van der Waals surface area (Å²) in [5.41, 5.74) is 0. The fraction of sp³-hybridized carbons (Fsp3) is 0.625. The average Bonchev–Trinajstić information content (AvgIpc) is 2.47. The number of hydrogen-bond donors (Lipinski definition) is 1. The molecule has 0 saturated heterocycles. The van der Waals surface area contributed by atoms with Crippen LogP contribution in [0.4, 0.5) is 4.39 Å². The fourth-order valence-electron chi connectivity index (χ4n) is 2.80. The zero-order valence-corrected chi connectivity index (χ0v) is 12.1. The molecule has 1 aliphatic rings. The highest BCUT2D eigenvalue weighted by Crippen LogP contribution is 2.22. The molecule has 0 aromatic heterocycles. The number of halogens is 1. The Balaban J connectivity index is 1.74. The number of hydrogen-bond acceptors (Lipinski definition) is 3. The predicted octanol–water partition coefficient (Wildman–Crippen LogP) is 2.83. The number of aliphatic hydroxyl groups is 1. The highest BCUT2D eigenvalue weighted by atomic mass is 19.1. The molecule has 1 aliphatic carbocycles. The molecule has 1 atom stereocenters. The Hall–Kier alpha value is -1.13. The van der Waals surface area contributed by atoms with Crippen molar-refractivity contribution >= 4 is 0 Å². The molecule has 1 aromatic carbocycles. The van der Waals surface area contributed by atoms with Crippen LogP contribution in [0, 0.1) is 5.82 Å². The Labute approximate surface area is 120 Å². The number of ether oxygens (including phenoxy) is 1. The first-order valence-corrected chi connectivity index (χ1v) is 7.42. The smallest absolute Gasteiger partial charge is 0.165 e. The van der Waals surface area contributed by atoms with Crippen LogP contribution in [0.3, 0.4) is 0 Å². The van der Waals surface area contributed by atoms with Crippen molar-refractivity contribution in [1.29, 1.82) is 0 Å². The molecule has 112 valence electrons. The van der Waals surface area contributed by atoms with Crippen LogP contribution in [0.1, 0.15) is 32.1 Å². The minimum absolute atomic E-state index is 0.123. The number of aliphatic hydroxyl groups excluding tert-OH is 1. The van der Waals surface area contributed by atoms with Gasteiger partial charge < -0.3 is 14.7 Å². The summed E-state index contributed by atoms with van der Waals surface area (Å²) in [4.78, 5) is 2.20. The lowest BCUT2D eigenvalue weighted by Gasteiger charge is -2.32. The molecule has 20 heavy (non-hydrogen) atoms. The van der Waals surface area contributed by atoms with Crippen molar-refractivity contribution in [3.8, 4) is 5.75 Å². The minimum Gasteiger partial charge on any atom is -0.488 e. The molecule has 0 spiro atoms. The van der Waals surface area contributed by atoms with Crippen molar-refractivity contribution < 1.29 is 14.2 Å². The molecule has 0 bridgehead atoms. The molecule has 4 heteroatoms. The number of likely N-dealkylation sites (N-methyl/N-ethyl adjacent to an activating group) is 1. The van der Waals surface area contributed by atoms with E-state index < -0.39 is 6.10 Å². The molecule has 2 rings (SSSR count). The Kier molecular flexibility index (Phi) is 5.80. The van der Waals surface area contributed by atoms with E-state index in [4.69, 9.17) is 4.74 Å². The van der Waals surface area contributed by atoms with E-state index in [2.05, 4.69) is 4.90 Å². The van der Waals surface area contributed by atoms with Crippen LogP contribution in [-0.4, -0.2) is 42.4 Å². The van der Waals surface area contributed by atoms with E-state index in [0.717, 1.165) is 0 Å². The Morgan fingerprint density at radius 1 is 1.30 bits per heavy atom. The molecule has 1 fully saturated rings. The van der Waals surface area contributed by atoms with E-state index in [9.17, 15) is 9.50 Å². The molecule has 1 saturated carbocycles. The zero-order valence-electron chi connectivity index (χ0n) is 12.1. The summed E-state index contributed by atoms with van der Waals surface area (Å²) >= 11 is 0. The van der Waals surface area contributed by atoms with Crippen molar-refractivity contribution in [2.75, 3.05) is 20.2 Å². The van der Waals surface area contributed by atoms with Crippen molar-refractivity contribution in [2.24, 2.45) is 0 Å². The van der Waals surface area contributed by atoms with Crippen LogP contribution in [0.25, 0.3) is 0 Å². The summed E-state index contributed by atoms with van der Waals surface area (Å²) in [6.45, 7) is 0.692. The van der Waals surface area contributed by atoms with E-state index in [1.54, 1.807) is 18.2 Å². The molecule has 0 aliphatic heterocycles. The summed E-state index contributed by atoms with van der Waals surface area (Å²) in [6.07, 6.45) is 5.69. The van der Waals surface area contributed by atoms with Gasteiger partial charge in [-0.05, 0) is 32.0 Å². The zero-order chi connectivity index (χ0) is 14.4. The van der Waals surface area contributed by atoms with Crippen molar-refractivity contribution in [3.63, 3.8) is 0 Å². The second kappa shape index (κ2) is 7.60. The quantitative estimate of drug-likeness (QED) is 0.870. The first kappa shape index (κ1) is 15.3. The molecule has 0 amide bonds. The van der Waals surface area contributed by atoms with Gasteiger partial charge in [0.05, 0.1) is 0 Å². The highest BCUT2D eigenvalue weighted by molar-refractivity contribution is 5.23. The van der Waals surface area contributed by atoms with Gasteiger partial charge in [0.15, 0.2) is 11.6 Å². The third-order valence-corrected chi connectivity index (χ3v) is 3.96. The molecule has 0 radical (unpaired) electrons. The fourth-order valence-corrected chi connectivity index (χ4v) is 2.80. The van der Waals surface area contributed by atoms with Crippen LogP contribution < -0.4 is 4.74 Å². The second-order valence-electron chi connectivity index (χ2n) is 5.63. The van der Waals surface area contributed by atoms with E-state index >= 15 is 0 Å². The van der Waals surface area contributed by atoms with Crippen molar-refractivity contribution in [3.05, 3.63) is 30.1 Å². The van der Waals surface area contributed by atoms with E-state index in [0.29, 0.717) is 12.6 Å². The van der Waals surface area contributed by atoms with Gasteiger partial charge in [-0.1, -0.05) is 31.4 Å². The number of para-hydroxylation sites is 1. The van der Waals surface area contributed by atoms with Gasteiger partial charge in [-0.3, -0.25) is 0 Å². The number of rotatable bonds is 6. The molecule has 0 unspecified atom stereocenters. The second-order valence-corrected chi connectivity index (χ2v) is 5.63. The van der Waals surface area contributed by atoms with E-state index in [1.807, 2.05) is 7.05 Å². The molecule has 0 heterocycles. The van der Waals surface area contributed by atoms with E-state index in [-0.39, 0.29) is 18.2 Å². The molecule has 3 nitrogen and oxygen atoms in total. The van der Waals surface area contributed by atoms with E-state index in [1.165, 1.54) is 38.2 Å². The van der Waals surface area contributed by atoms with Gasteiger partial charge >= 0.3 is 0 Å². The van der Waals surface area contributed by atoms with Gasteiger partial charge in [0.1, 0.15) is 12.7 Å². The van der Waals surface area contributed by atoms with Crippen LogP contribution in [0.15, 0.2) is 24.3 Å². The summed E-state index contributed by atoms with van der Waals surface area (Å²) < 4.78 is 18.7. The lowest BCUT2D eigenvalue weighted by atomic mass is 9.94. The number of nitrogens with zero attached hydrogens (tertiary/aromatic N) is 1. The maximum atomic E-state index is 13.4. The Morgan fingerprint density at radius 3 is 2.70 bits per heavy atom. The van der Waals surface area contributed by atoms with Gasteiger partial charge in [-0.15, -0.1) is 0 Å². The minimum atomic E-state index is -0.596. The maximum absolute atomic E-state index is 13.4. The summed E-state index contributed by atoms with van der Waals surface area (Å²) in [7, 11) is 2.04. The van der Waals surface area contributed by atoms with Gasteiger partial charge in [0, 0.05) is 12.6 Å². The Bertz CT molecular complexity index is 407. The van der Waals surface area contributed by atoms with Crippen LogP contribution in [0.2, 0.25) is 0 Å². The first-order valence-electron chi connectivity index (χ1n) is 7.42.